The van der Waals surface area contributed by atoms with Crippen LogP contribution in [0.3, 0.4) is 0 Å². The molecule has 0 radical (unpaired) electrons. The molecule has 0 bridgehead atoms. The molecule has 0 spiro atoms. The third kappa shape index (κ3) is 2.84. The van der Waals surface area contributed by atoms with E-state index in [1.54, 1.807) is 24.3 Å². The highest BCUT2D eigenvalue weighted by Gasteiger charge is 2.13. The predicted molar refractivity (Wildman–Crippen MR) is 66.1 cm³/mol. The van der Waals surface area contributed by atoms with Crippen molar-refractivity contribution in [2.24, 2.45) is 5.73 Å². The van der Waals surface area contributed by atoms with Crippen LogP contribution in [0.15, 0.2) is 28.8 Å². The lowest BCUT2D eigenvalue weighted by Crippen LogP contribution is -2.10. The van der Waals surface area contributed by atoms with Crippen molar-refractivity contribution in [2.45, 2.75) is 6.54 Å². The minimum atomic E-state index is -3.37. The van der Waals surface area contributed by atoms with Gasteiger partial charge in [-0.15, -0.1) is 0 Å². The maximum Gasteiger partial charge on any atom is 0.240 e. The number of sulfonamides is 1. The van der Waals surface area contributed by atoms with E-state index in [2.05, 4.69) is 14.9 Å². The topological polar surface area (TPSA) is 111 Å². The van der Waals surface area contributed by atoms with Gasteiger partial charge in [0.15, 0.2) is 0 Å². The van der Waals surface area contributed by atoms with Crippen molar-refractivity contribution >= 4 is 15.7 Å². The molecule has 7 nitrogen and oxygen atoms in total. The summed E-state index contributed by atoms with van der Waals surface area (Å²) in [5, 5.41) is 3.75. The fourth-order valence-corrected chi connectivity index (χ4v) is 1.99. The van der Waals surface area contributed by atoms with E-state index in [1.807, 2.05) is 0 Å². The van der Waals surface area contributed by atoms with Gasteiger partial charge >= 0.3 is 0 Å². The largest absolute Gasteiger partial charge is 0.338 e. The van der Waals surface area contributed by atoms with E-state index < -0.39 is 10.0 Å². The molecule has 0 fully saturated rings. The van der Waals surface area contributed by atoms with Gasteiger partial charge in [-0.1, -0.05) is 17.3 Å². The Morgan fingerprint density at radius 1 is 1.39 bits per heavy atom. The molecule has 1 aromatic heterocycles. The average molecular weight is 268 g/mol. The minimum Gasteiger partial charge on any atom is -0.338 e. The molecule has 0 amide bonds. The molecular formula is C10H12N4O3S. The van der Waals surface area contributed by atoms with Gasteiger partial charge in [0.2, 0.25) is 21.7 Å². The van der Waals surface area contributed by atoms with E-state index in [0.29, 0.717) is 23.0 Å². The van der Waals surface area contributed by atoms with E-state index in [9.17, 15) is 8.42 Å². The number of nitrogens with zero attached hydrogens (tertiary/aromatic N) is 2. The molecule has 0 atom stereocenters. The van der Waals surface area contributed by atoms with Crippen LogP contribution in [-0.4, -0.2) is 24.8 Å². The second-order valence-corrected chi connectivity index (χ2v) is 5.38. The van der Waals surface area contributed by atoms with E-state index in [0.717, 1.165) is 6.26 Å². The van der Waals surface area contributed by atoms with Crippen molar-refractivity contribution in [1.82, 2.24) is 10.1 Å². The first-order chi connectivity index (χ1) is 8.49. The lowest BCUT2D eigenvalue weighted by atomic mass is 10.2. The maximum atomic E-state index is 11.3. The Labute approximate surface area is 104 Å². The van der Waals surface area contributed by atoms with E-state index in [4.69, 9.17) is 10.3 Å². The molecule has 96 valence electrons. The van der Waals surface area contributed by atoms with Gasteiger partial charge in [0.1, 0.15) is 0 Å². The zero-order valence-corrected chi connectivity index (χ0v) is 10.4. The molecule has 1 heterocycles. The summed E-state index contributed by atoms with van der Waals surface area (Å²) in [4.78, 5) is 4.05. The van der Waals surface area contributed by atoms with Crippen LogP contribution >= 0.6 is 0 Å². The van der Waals surface area contributed by atoms with Gasteiger partial charge in [0.05, 0.1) is 18.5 Å². The first-order valence-electron chi connectivity index (χ1n) is 5.09. The second-order valence-electron chi connectivity index (χ2n) is 3.64. The summed E-state index contributed by atoms with van der Waals surface area (Å²) in [7, 11) is -3.37. The minimum absolute atomic E-state index is 0.134. The second kappa shape index (κ2) is 4.75. The molecule has 0 saturated carbocycles. The molecule has 0 saturated heterocycles. The van der Waals surface area contributed by atoms with Crippen LogP contribution in [0.25, 0.3) is 11.4 Å². The van der Waals surface area contributed by atoms with E-state index in [1.165, 1.54) is 0 Å². The Morgan fingerprint density at radius 3 is 2.72 bits per heavy atom. The van der Waals surface area contributed by atoms with Gasteiger partial charge < -0.3 is 10.3 Å². The van der Waals surface area contributed by atoms with Gasteiger partial charge in [0, 0.05) is 5.56 Å². The van der Waals surface area contributed by atoms with Crippen LogP contribution < -0.4 is 10.5 Å². The fraction of sp³-hybridized carbons (Fsp3) is 0.200. The first-order valence-corrected chi connectivity index (χ1v) is 6.98. The van der Waals surface area contributed by atoms with Crippen LogP contribution in [0.2, 0.25) is 0 Å². The van der Waals surface area contributed by atoms with E-state index in [-0.39, 0.29) is 6.54 Å². The van der Waals surface area contributed by atoms with Gasteiger partial charge in [-0.2, -0.15) is 4.98 Å². The molecule has 0 unspecified atom stereocenters. The van der Waals surface area contributed by atoms with Crippen molar-refractivity contribution in [3.05, 3.63) is 30.2 Å². The van der Waals surface area contributed by atoms with Gasteiger partial charge in [-0.25, -0.2) is 8.42 Å². The van der Waals surface area contributed by atoms with Crippen molar-refractivity contribution < 1.29 is 12.9 Å². The molecule has 2 rings (SSSR count). The Balaban J connectivity index is 2.44. The quantitative estimate of drug-likeness (QED) is 0.838. The molecule has 0 aliphatic carbocycles. The number of rotatable bonds is 4. The van der Waals surface area contributed by atoms with Gasteiger partial charge in [0.25, 0.3) is 0 Å². The van der Waals surface area contributed by atoms with E-state index >= 15 is 0 Å². The predicted octanol–water partition coefficient (Wildman–Crippen LogP) is 0.567. The maximum absolute atomic E-state index is 11.3. The molecule has 0 aliphatic rings. The zero-order valence-electron chi connectivity index (χ0n) is 9.62. The van der Waals surface area contributed by atoms with Crippen molar-refractivity contribution in [3.63, 3.8) is 0 Å². The average Bonchev–Trinajstić information content (AvgIpc) is 2.76. The Kier molecular flexibility index (Phi) is 3.30. The first kappa shape index (κ1) is 12.5. The van der Waals surface area contributed by atoms with Crippen LogP contribution in [0.5, 0.6) is 0 Å². The number of nitrogens with one attached hydrogen (secondary N) is 1. The Bertz CT molecular complexity index is 651. The lowest BCUT2D eigenvalue weighted by molar-refractivity contribution is 0.380. The summed E-state index contributed by atoms with van der Waals surface area (Å²) in [6, 6.07) is 6.77. The molecular weight excluding hydrogens is 256 g/mol. The lowest BCUT2D eigenvalue weighted by Gasteiger charge is -2.07. The van der Waals surface area contributed by atoms with Crippen LogP contribution in [0.1, 0.15) is 5.89 Å². The molecule has 0 aliphatic heterocycles. The van der Waals surface area contributed by atoms with Crippen LogP contribution in [-0.2, 0) is 16.6 Å². The highest BCUT2D eigenvalue weighted by Crippen LogP contribution is 2.25. The van der Waals surface area contributed by atoms with Crippen molar-refractivity contribution in [3.8, 4) is 11.4 Å². The standard InChI is InChI=1S/C10H12N4O3S/c1-18(15,16)14-8-5-3-2-4-7(8)10-12-9(6-11)17-13-10/h2-5,14H,6,11H2,1H3. The number of anilines is 1. The van der Waals surface area contributed by atoms with Crippen molar-refractivity contribution in [1.29, 1.82) is 0 Å². The Hall–Kier alpha value is -1.93. The molecule has 8 heteroatoms. The summed E-state index contributed by atoms with van der Waals surface area (Å²) in [5.41, 5.74) is 6.30. The number of hydrogen-bond donors (Lipinski definition) is 2. The summed E-state index contributed by atoms with van der Waals surface area (Å²) in [5.74, 6) is 0.585. The SMILES string of the molecule is CS(=O)(=O)Nc1ccccc1-c1noc(CN)n1. The summed E-state index contributed by atoms with van der Waals surface area (Å²) < 4.78 is 29.8. The fourth-order valence-electron chi connectivity index (χ4n) is 1.41. The summed E-state index contributed by atoms with van der Waals surface area (Å²) in [6.07, 6.45) is 1.07. The smallest absolute Gasteiger partial charge is 0.240 e. The third-order valence-corrected chi connectivity index (χ3v) is 2.70. The number of benzene rings is 1. The third-order valence-electron chi connectivity index (χ3n) is 2.11. The molecule has 3 N–H and O–H groups in total. The molecule has 1 aromatic carbocycles. The number of para-hydroxylation sites is 1. The summed E-state index contributed by atoms with van der Waals surface area (Å²) >= 11 is 0. The van der Waals surface area contributed by atoms with Crippen LogP contribution in [0.4, 0.5) is 5.69 Å². The normalized spacial score (nSPS) is 11.4. The monoisotopic (exact) mass is 268 g/mol. The molecule has 18 heavy (non-hydrogen) atoms. The summed E-state index contributed by atoms with van der Waals surface area (Å²) in [6.45, 7) is 0.134. The van der Waals surface area contributed by atoms with Crippen molar-refractivity contribution in [2.75, 3.05) is 11.0 Å². The zero-order chi connectivity index (χ0) is 13.2. The number of hydrogen-bond acceptors (Lipinski definition) is 6. The highest BCUT2D eigenvalue weighted by molar-refractivity contribution is 7.92. The van der Waals surface area contributed by atoms with Gasteiger partial charge in [-0.3, -0.25) is 4.72 Å². The van der Waals surface area contributed by atoms with Gasteiger partial charge in [-0.05, 0) is 12.1 Å². The van der Waals surface area contributed by atoms with Crippen LogP contribution in [0, 0.1) is 0 Å². The highest BCUT2D eigenvalue weighted by atomic mass is 32.2. The number of aromatic nitrogens is 2. The molecule has 2 aromatic rings. The Morgan fingerprint density at radius 2 is 2.11 bits per heavy atom. The number of nitrogens with two attached hydrogens (primary N) is 1.